The van der Waals surface area contributed by atoms with Crippen molar-refractivity contribution in [3.63, 3.8) is 0 Å². The molecule has 2 atom stereocenters. The van der Waals surface area contributed by atoms with E-state index in [0.29, 0.717) is 30.7 Å². The first-order valence-electron chi connectivity index (χ1n) is 10.9. The van der Waals surface area contributed by atoms with E-state index in [4.69, 9.17) is 9.47 Å². The quantitative estimate of drug-likeness (QED) is 0.257. The van der Waals surface area contributed by atoms with Gasteiger partial charge in [-0.2, -0.15) is 0 Å². The summed E-state index contributed by atoms with van der Waals surface area (Å²) in [6, 6.07) is 13.1. The molecule has 184 valence electrons. The van der Waals surface area contributed by atoms with Crippen LogP contribution in [0.3, 0.4) is 0 Å². The molecule has 0 fully saturated rings. The number of aromatic hydroxyl groups is 1. The summed E-state index contributed by atoms with van der Waals surface area (Å²) in [6.45, 7) is 1.87. The number of phenolic OH excluding ortho intramolecular Hbond substituents is 1. The third kappa shape index (κ3) is 7.77. The van der Waals surface area contributed by atoms with Gasteiger partial charge in [-0.05, 0) is 43.5 Å². The molecule has 0 radical (unpaired) electrons. The molecule has 0 aliphatic rings. The Bertz CT molecular complexity index is 980. The van der Waals surface area contributed by atoms with Gasteiger partial charge in [-0.15, -0.1) is 0 Å². The van der Waals surface area contributed by atoms with E-state index in [9.17, 15) is 24.6 Å². The van der Waals surface area contributed by atoms with Gasteiger partial charge in [0.15, 0.2) is 0 Å². The molecule has 0 saturated carbocycles. The largest absolute Gasteiger partial charge is 0.508 e. The average molecular weight is 473 g/mol. The van der Waals surface area contributed by atoms with Gasteiger partial charge in [-0.3, -0.25) is 9.59 Å². The van der Waals surface area contributed by atoms with Crippen molar-refractivity contribution < 1.29 is 34.1 Å². The molecule has 1 amide bonds. The normalized spacial score (nSPS) is 13.4. The molecule has 4 N–H and O–H groups in total. The second kappa shape index (κ2) is 12.6. The summed E-state index contributed by atoms with van der Waals surface area (Å²) < 4.78 is 9.97. The van der Waals surface area contributed by atoms with E-state index in [0.717, 1.165) is 5.56 Å². The van der Waals surface area contributed by atoms with E-state index in [1.165, 1.54) is 20.3 Å². The van der Waals surface area contributed by atoms with Crippen molar-refractivity contribution in [2.24, 2.45) is 0 Å². The first kappa shape index (κ1) is 26.7. The molecular weight excluding hydrogens is 440 g/mol. The number of methoxy groups -OCH3 is 2. The molecule has 0 aliphatic heterocycles. The Morgan fingerprint density at radius 1 is 1.09 bits per heavy atom. The van der Waals surface area contributed by atoms with E-state index in [1.54, 1.807) is 19.1 Å². The first-order valence-corrected chi connectivity index (χ1v) is 10.9. The van der Waals surface area contributed by atoms with Crippen LogP contribution in [0.25, 0.3) is 0 Å². The monoisotopic (exact) mass is 472 g/mol. The fourth-order valence-electron chi connectivity index (χ4n) is 3.63. The number of carboxylic acid groups (broad SMARTS) is 1. The fourth-order valence-corrected chi connectivity index (χ4v) is 3.63. The molecule has 0 unspecified atom stereocenters. The van der Waals surface area contributed by atoms with Crippen molar-refractivity contribution in [2.45, 2.75) is 44.2 Å². The maximum absolute atomic E-state index is 13.0. The summed E-state index contributed by atoms with van der Waals surface area (Å²) in [4.78, 5) is 36.9. The molecule has 2 aromatic rings. The lowest BCUT2D eigenvalue weighted by molar-refractivity contribution is -0.150. The van der Waals surface area contributed by atoms with Gasteiger partial charge < -0.3 is 30.3 Å². The van der Waals surface area contributed by atoms with Gasteiger partial charge >= 0.3 is 11.9 Å². The second-order valence-electron chi connectivity index (χ2n) is 8.18. The van der Waals surface area contributed by atoms with Gasteiger partial charge in [0.05, 0.1) is 26.7 Å². The lowest BCUT2D eigenvalue weighted by Gasteiger charge is -2.30. The SMILES string of the molecule is COC(=O)[C@](C)(Cc1ccccc1)NC(=O)[C@@H](CC(=O)O)NCCCc1ccc(OC)cc1O. The number of benzene rings is 2. The summed E-state index contributed by atoms with van der Waals surface area (Å²) in [5, 5.41) is 25.0. The number of esters is 1. The Hall–Kier alpha value is -3.59. The van der Waals surface area contributed by atoms with Crippen LogP contribution < -0.4 is 15.4 Å². The minimum Gasteiger partial charge on any atom is -0.508 e. The molecule has 2 aromatic carbocycles. The Labute approximate surface area is 199 Å². The number of ether oxygens (including phenoxy) is 2. The number of rotatable bonds is 13. The van der Waals surface area contributed by atoms with Gasteiger partial charge in [-0.1, -0.05) is 36.4 Å². The van der Waals surface area contributed by atoms with Crippen LogP contribution in [0.4, 0.5) is 0 Å². The number of hydrogen-bond acceptors (Lipinski definition) is 7. The van der Waals surface area contributed by atoms with Crippen molar-refractivity contribution >= 4 is 17.8 Å². The number of hydrogen-bond donors (Lipinski definition) is 4. The molecule has 0 aromatic heterocycles. The highest BCUT2D eigenvalue weighted by Gasteiger charge is 2.38. The topological polar surface area (TPSA) is 134 Å². The zero-order valence-electron chi connectivity index (χ0n) is 19.7. The molecular formula is C25H32N2O7. The maximum Gasteiger partial charge on any atom is 0.331 e. The van der Waals surface area contributed by atoms with Crippen LogP contribution in [0.15, 0.2) is 48.5 Å². The van der Waals surface area contributed by atoms with Crippen molar-refractivity contribution in [2.75, 3.05) is 20.8 Å². The number of nitrogens with one attached hydrogen (secondary N) is 2. The third-order valence-electron chi connectivity index (χ3n) is 5.44. The Morgan fingerprint density at radius 3 is 2.38 bits per heavy atom. The van der Waals surface area contributed by atoms with Crippen molar-refractivity contribution in [3.8, 4) is 11.5 Å². The standard InChI is InChI=1S/C25H32N2O7/c1-25(24(32)34-3,16-17-8-5-4-6-9-17)27-23(31)20(15-22(29)30)26-13-7-10-18-11-12-19(33-2)14-21(18)28/h4-6,8-9,11-12,14,20,26,28H,7,10,13,15-16H2,1-3H3,(H,27,31)(H,29,30)/t20-,25+/m1/s1. The number of carboxylic acids is 1. The summed E-state index contributed by atoms with van der Waals surface area (Å²) in [6.07, 6.45) is 0.782. The number of amides is 1. The fraction of sp³-hybridized carbons (Fsp3) is 0.400. The molecule has 34 heavy (non-hydrogen) atoms. The molecule has 9 nitrogen and oxygen atoms in total. The van der Waals surface area contributed by atoms with E-state index in [2.05, 4.69) is 10.6 Å². The molecule has 2 rings (SSSR count). The molecule has 0 saturated heterocycles. The molecule has 0 spiro atoms. The van der Waals surface area contributed by atoms with Crippen LogP contribution in [0, 0.1) is 0 Å². The minimum absolute atomic E-state index is 0.105. The highest BCUT2D eigenvalue weighted by atomic mass is 16.5. The van der Waals surface area contributed by atoms with Crippen LogP contribution >= 0.6 is 0 Å². The van der Waals surface area contributed by atoms with Crippen LogP contribution in [0.5, 0.6) is 11.5 Å². The van der Waals surface area contributed by atoms with Crippen LogP contribution in [-0.4, -0.2) is 60.4 Å². The van der Waals surface area contributed by atoms with Crippen LogP contribution in [-0.2, 0) is 32.0 Å². The predicted molar refractivity (Wildman–Crippen MR) is 126 cm³/mol. The van der Waals surface area contributed by atoms with E-state index in [-0.39, 0.29) is 12.2 Å². The van der Waals surface area contributed by atoms with Crippen molar-refractivity contribution in [1.82, 2.24) is 10.6 Å². The van der Waals surface area contributed by atoms with Gasteiger partial charge in [0.1, 0.15) is 17.0 Å². The smallest absolute Gasteiger partial charge is 0.331 e. The molecule has 0 aliphatic carbocycles. The zero-order valence-corrected chi connectivity index (χ0v) is 19.7. The first-order chi connectivity index (χ1) is 16.2. The highest BCUT2D eigenvalue weighted by molar-refractivity contribution is 5.92. The molecule has 9 heteroatoms. The summed E-state index contributed by atoms with van der Waals surface area (Å²) in [7, 11) is 2.75. The Balaban J connectivity index is 2.03. The summed E-state index contributed by atoms with van der Waals surface area (Å²) in [5.41, 5.74) is 0.154. The minimum atomic E-state index is -1.37. The Kier molecular flexibility index (Phi) is 9.88. The van der Waals surface area contributed by atoms with Gasteiger partial charge in [0.2, 0.25) is 5.91 Å². The van der Waals surface area contributed by atoms with Gasteiger partial charge in [-0.25, -0.2) is 4.79 Å². The zero-order chi connectivity index (χ0) is 25.1. The third-order valence-corrected chi connectivity index (χ3v) is 5.44. The number of carbonyl (C=O) groups is 3. The summed E-state index contributed by atoms with van der Waals surface area (Å²) in [5.74, 6) is -1.74. The average Bonchev–Trinajstić information content (AvgIpc) is 2.81. The molecule has 0 heterocycles. The van der Waals surface area contributed by atoms with E-state index < -0.39 is 35.8 Å². The number of aliphatic carboxylic acids is 1. The van der Waals surface area contributed by atoms with Gasteiger partial charge in [0, 0.05) is 12.5 Å². The summed E-state index contributed by atoms with van der Waals surface area (Å²) >= 11 is 0. The lowest BCUT2D eigenvalue weighted by atomic mass is 9.92. The number of aryl methyl sites for hydroxylation is 1. The van der Waals surface area contributed by atoms with Crippen LogP contribution in [0.1, 0.15) is 30.9 Å². The Morgan fingerprint density at radius 2 is 1.79 bits per heavy atom. The van der Waals surface area contributed by atoms with E-state index >= 15 is 0 Å². The second-order valence-corrected chi connectivity index (χ2v) is 8.18. The van der Waals surface area contributed by atoms with Crippen molar-refractivity contribution in [3.05, 3.63) is 59.7 Å². The molecule has 0 bridgehead atoms. The van der Waals surface area contributed by atoms with Crippen molar-refractivity contribution in [1.29, 1.82) is 0 Å². The van der Waals surface area contributed by atoms with Crippen LogP contribution in [0.2, 0.25) is 0 Å². The predicted octanol–water partition coefficient (Wildman–Crippen LogP) is 2.06. The number of phenols is 1. The highest BCUT2D eigenvalue weighted by Crippen LogP contribution is 2.24. The van der Waals surface area contributed by atoms with Gasteiger partial charge in [0.25, 0.3) is 0 Å². The maximum atomic E-state index is 13.0. The lowest BCUT2D eigenvalue weighted by Crippen LogP contribution is -2.59. The van der Waals surface area contributed by atoms with E-state index in [1.807, 2.05) is 30.3 Å². The number of carbonyl (C=O) groups excluding carboxylic acids is 2.